The second kappa shape index (κ2) is 2.63. The normalized spacial score (nSPS) is 32.1. The molecule has 1 saturated carbocycles. The predicted octanol–water partition coefficient (Wildman–Crippen LogP) is 2.60. The van der Waals surface area contributed by atoms with Crippen LogP contribution in [0.4, 0.5) is 0 Å². The second-order valence-electron chi connectivity index (χ2n) is 3.80. The summed E-state index contributed by atoms with van der Waals surface area (Å²) in [5, 5.41) is 0. The molecular weight excluding hydrogens is 237 g/mol. The van der Waals surface area contributed by atoms with E-state index in [1.165, 1.54) is 45.2 Å². The van der Waals surface area contributed by atoms with Crippen LogP contribution >= 0.6 is 22.9 Å². The van der Waals surface area contributed by atoms with Crippen molar-refractivity contribution in [1.29, 1.82) is 0 Å². The van der Waals surface area contributed by atoms with Crippen LogP contribution in [0.15, 0.2) is 0 Å². The maximum Gasteiger partial charge on any atom is 0.0201 e. The third kappa shape index (κ3) is 1.20. The van der Waals surface area contributed by atoms with Gasteiger partial charge in [0.15, 0.2) is 0 Å². The van der Waals surface area contributed by atoms with Gasteiger partial charge in [-0.25, -0.2) is 3.11 Å². The molecule has 0 aromatic rings. The number of halogens is 1. The molecule has 1 heterocycles. The molecule has 1 aliphatic carbocycles. The van der Waals surface area contributed by atoms with Gasteiger partial charge in [0.05, 0.1) is 0 Å². The van der Waals surface area contributed by atoms with Crippen molar-refractivity contribution in [2.75, 3.05) is 13.1 Å². The second-order valence-corrected chi connectivity index (χ2v) is 5.17. The molecule has 2 heteroatoms. The summed E-state index contributed by atoms with van der Waals surface area (Å²) in [6.45, 7) is 2.70. The Morgan fingerprint density at radius 1 is 1.10 bits per heavy atom. The Kier molecular flexibility index (Phi) is 1.93. The van der Waals surface area contributed by atoms with Gasteiger partial charge in [0.1, 0.15) is 0 Å². The van der Waals surface area contributed by atoms with Crippen molar-refractivity contribution in [2.24, 2.45) is 5.41 Å². The van der Waals surface area contributed by atoms with Gasteiger partial charge in [-0.1, -0.05) is 12.8 Å². The topological polar surface area (TPSA) is 3.24 Å². The maximum atomic E-state index is 2.46. The van der Waals surface area contributed by atoms with E-state index in [9.17, 15) is 0 Å². The van der Waals surface area contributed by atoms with Gasteiger partial charge in [-0.3, -0.25) is 0 Å². The first-order valence-electron chi connectivity index (χ1n) is 4.22. The van der Waals surface area contributed by atoms with Crippen molar-refractivity contribution < 1.29 is 0 Å². The standard InChI is InChI=1S/C8H14IN/c9-10-6-5-8(7-10)3-1-2-4-8/h1-7H2. The van der Waals surface area contributed by atoms with Crippen LogP contribution in [0.25, 0.3) is 0 Å². The average molecular weight is 251 g/mol. The molecule has 0 atom stereocenters. The molecule has 0 radical (unpaired) electrons. The Labute approximate surface area is 76.7 Å². The average Bonchev–Trinajstić information content (AvgIpc) is 2.46. The van der Waals surface area contributed by atoms with Crippen LogP contribution in [0.2, 0.25) is 0 Å². The third-order valence-electron chi connectivity index (χ3n) is 3.06. The number of nitrogens with zero attached hydrogens (tertiary/aromatic N) is 1. The summed E-state index contributed by atoms with van der Waals surface area (Å²) in [7, 11) is 0. The summed E-state index contributed by atoms with van der Waals surface area (Å²) in [6.07, 6.45) is 7.46. The fourth-order valence-electron chi connectivity index (χ4n) is 2.41. The van der Waals surface area contributed by atoms with Gasteiger partial charge in [0.2, 0.25) is 0 Å². The zero-order valence-corrected chi connectivity index (χ0v) is 8.43. The molecule has 1 nitrogen and oxygen atoms in total. The van der Waals surface area contributed by atoms with Gasteiger partial charge in [0, 0.05) is 36.0 Å². The highest BCUT2D eigenvalue weighted by molar-refractivity contribution is 14.1. The van der Waals surface area contributed by atoms with E-state index in [2.05, 4.69) is 26.0 Å². The first-order valence-corrected chi connectivity index (χ1v) is 5.18. The van der Waals surface area contributed by atoms with Crippen LogP contribution in [0, 0.1) is 5.41 Å². The molecule has 0 amide bonds. The van der Waals surface area contributed by atoms with E-state index < -0.39 is 0 Å². The first-order chi connectivity index (χ1) is 4.81. The minimum Gasteiger partial charge on any atom is -0.247 e. The molecule has 0 N–H and O–H groups in total. The summed E-state index contributed by atoms with van der Waals surface area (Å²) >= 11 is 2.46. The Morgan fingerprint density at radius 2 is 1.80 bits per heavy atom. The lowest BCUT2D eigenvalue weighted by molar-refractivity contribution is 0.324. The highest BCUT2D eigenvalue weighted by atomic mass is 127. The van der Waals surface area contributed by atoms with E-state index in [1.807, 2.05) is 0 Å². The van der Waals surface area contributed by atoms with E-state index in [-0.39, 0.29) is 0 Å². The Bertz CT molecular complexity index is 129. The molecule has 58 valence electrons. The molecule has 1 saturated heterocycles. The Morgan fingerprint density at radius 3 is 2.30 bits per heavy atom. The van der Waals surface area contributed by atoms with Crippen molar-refractivity contribution >= 4 is 22.9 Å². The highest BCUT2D eigenvalue weighted by Crippen LogP contribution is 2.45. The maximum absolute atomic E-state index is 2.46. The van der Waals surface area contributed by atoms with Crippen LogP contribution in [-0.2, 0) is 0 Å². The molecule has 2 fully saturated rings. The molecule has 0 bridgehead atoms. The third-order valence-corrected chi connectivity index (χ3v) is 3.88. The van der Waals surface area contributed by atoms with E-state index >= 15 is 0 Å². The largest absolute Gasteiger partial charge is 0.247 e. The molecule has 1 aliphatic heterocycles. The van der Waals surface area contributed by atoms with Crippen LogP contribution in [0.5, 0.6) is 0 Å². The molecular formula is C8H14IN. The van der Waals surface area contributed by atoms with Gasteiger partial charge in [-0.05, 0) is 24.7 Å². The summed E-state index contributed by atoms with van der Waals surface area (Å²) in [6, 6.07) is 0. The minimum absolute atomic E-state index is 0.779. The van der Waals surface area contributed by atoms with E-state index in [0.717, 1.165) is 5.41 Å². The lowest BCUT2D eigenvalue weighted by Gasteiger charge is -2.20. The van der Waals surface area contributed by atoms with Crippen LogP contribution < -0.4 is 0 Å². The van der Waals surface area contributed by atoms with Crippen LogP contribution in [0.3, 0.4) is 0 Å². The van der Waals surface area contributed by atoms with E-state index in [0.29, 0.717) is 0 Å². The fraction of sp³-hybridized carbons (Fsp3) is 1.00. The summed E-state index contributed by atoms with van der Waals surface area (Å²) < 4.78 is 2.46. The quantitative estimate of drug-likeness (QED) is 0.472. The predicted molar refractivity (Wildman–Crippen MR) is 51.1 cm³/mol. The lowest BCUT2D eigenvalue weighted by Crippen LogP contribution is -2.18. The molecule has 2 rings (SSSR count). The van der Waals surface area contributed by atoms with Crippen molar-refractivity contribution in [2.45, 2.75) is 32.1 Å². The molecule has 0 aromatic carbocycles. The van der Waals surface area contributed by atoms with Gasteiger partial charge in [-0.15, -0.1) is 0 Å². The van der Waals surface area contributed by atoms with Gasteiger partial charge >= 0.3 is 0 Å². The number of hydrogen-bond acceptors (Lipinski definition) is 1. The molecule has 0 unspecified atom stereocenters. The highest BCUT2D eigenvalue weighted by Gasteiger charge is 2.39. The Balaban J connectivity index is 2.03. The summed E-state index contributed by atoms with van der Waals surface area (Å²) in [4.78, 5) is 0. The lowest BCUT2D eigenvalue weighted by atomic mass is 9.86. The molecule has 1 spiro atoms. The smallest absolute Gasteiger partial charge is 0.0201 e. The van der Waals surface area contributed by atoms with Crippen LogP contribution in [-0.4, -0.2) is 16.2 Å². The number of hydrogen-bond donors (Lipinski definition) is 0. The van der Waals surface area contributed by atoms with Gasteiger partial charge in [-0.2, -0.15) is 0 Å². The van der Waals surface area contributed by atoms with Crippen molar-refractivity contribution in [3.8, 4) is 0 Å². The summed E-state index contributed by atoms with van der Waals surface area (Å²) in [5.74, 6) is 0. The van der Waals surface area contributed by atoms with E-state index in [4.69, 9.17) is 0 Å². The van der Waals surface area contributed by atoms with Crippen molar-refractivity contribution in [1.82, 2.24) is 3.11 Å². The van der Waals surface area contributed by atoms with E-state index in [1.54, 1.807) is 0 Å². The van der Waals surface area contributed by atoms with Crippen molar-refractivity contribution in [3.05, 3.63) is 0 Å². The number of rotatable bonds is 0. The SMILES string of the molecule is IN1CCC2(CCCC2)C1. The zero-order chi connectivity index (χ0) is 7.03. The fourth-order valence-corrected chi connectivity index (χ4v) is 3.38. The Hall–Kier alpha value is 0.690. The van der Waals surface area contributed by atoms with Gasteiger partial charge in [0.25, 0.3) is 0 Å². The zero-order valence-electron chi connectivity index (χ0n) is 6.27. The molecule has 10 heavy (non-hydrogen) atoms. The minimum atomic E-state index is 0.779. The van der Waals surface area contributed by atoms with Gasteiger partial charge < -0.3 is 0 Å². The van der Waals surface area contributed by atoms with Crippen molar-refractivity contribution in [3.63, 3.8) is 0 Å². The van der Waals surface area contributed by atoms with Crippen LogP contribution in [0.1, 0.15) is 32.1 Å². The molecule has 2 aliphatic rings. The summed E-state index contributed by atoms with van der Waals surface area (Å²) in [5.41, 5.74) is 0.779. The first kappa shape index (κ1) is 7.35. The monoisotopic (exact) mass is 251 g/mol. The molecule has 0 aromatic heterocycles.